The van der Waals surface area contributed by atoms with Crippen molar-refractivity contribution in [2.24, 2.45) is 0 Å². The fourth-order valence-corrected chi connectivity index (χ4v) is 2.81. The van der Waals surface area contributed by atoms with E-state index >= 15 is 0 Å². The first-order valence-corrected chi connectivity index (χ1v) is 7.01. The Bertz CT molecular complexity index is 692. The minimum atomic E-state index is -0.322. The van der Waals surface area contributed by atoms with Crippen LogP contribution in [0, 0.1) is 0 Å². The van der Waals surface area contributed by atoms with E-state index in [0.717, 1.165) is 22.4 Å². The molecular weight excluding hydrogens is 296 g/mol. The molecule has 6 heteroatoms. The number of nitrogens with one attached hydrogen (secondary N) is 1. The summed E-state index contributed by atoms with van der Waals surface area (Å²) in [7, 11) is 0. The molecule has 0 aliphatic carbocycles. The average Bonchev–Trinajstić information content (AvgIpc) is 3.02. The molecule has 0 spiro atoms. The number of halogens is 1. The van der Waals surface area contributed by atoms with Gasteiger partial charge in [0.2, 0.25) is 0 Å². The maximum Gasteiger partial charge on any atom is 0.298 e. The Kier molecular flexibility index (Phi) is 3.38. The van der Waals surface area contributed by atoms with Gasteiger partial charge in [0, 0.05) is 16.9 Å². The predicted molar refractivity (Wildman–Crippen MR) is 80.7 cm³/mol. The molecule has 3 rings (SSSR count). The van der Waals surface area contributed by atoms with Crippen molar-refractivity contribution in [3.05, 3.63) is 58.2 Å². The van der Waals surface area contributed by atoms with Crippen molar-refractivity contribution in [1.82, 2.24) is 4.98 Å². The second-order valence-electron chi connectivity index (χ2n) is 4.12. The third kappa shape index (κ3) is 2.37. The number of amides is 2. The van der Waals surface area contributed by atoms with Crippen LogP contribution in [0.3, 0.4) is 0 Å². The van der Waals surface area contributed by atoms with Gasteiger partial charge in [-0.3, -0.25) is 9.59 Å². The van der Waals surface area contributed by atoms with Gasteiger partial charge in [-0.15, -0.1) is 0 Å². The Labute approximate surface area is 124 Å². The van der Waals surface area contributed by atoms with Gasteiger partial charge in [-0.25, -0.2) is 4.90 Å². The zero-order chi connectivity index (χ0) is 14.1. The summed E-state index contributed by atoms with van der Waals surface area (Å²) in [6.45, 7) is 0. The van der Waals surface area contributed by atoms with Gasteiger partial charge in [0.1, 0.15) is 0 Å². The van der Waals surface area contributed by atoms with Crippen LogP contribution in [0.4, 0.5) is 10.5 Å². The van der Waals surface area contributed by atoms with E-state index in [4.69, 9.17) is 11.6 Å². The Hall–Kier alpha value is -1.98. The first kappa shape index (κ1) is 13.0. The lowest BCUT2D eigenvalue weighted by Gasteiger charge is -2.11. The van der Waals surface area contributed by atoms with Crippen LogP contribution in [0.5, 0.6) is 0 Å². The Morgan fingerprint density at radius 3 is 2.55 bits per heavy atom. The molecular formula is C14H9ClN2O2S. The normalized spacial score (nSPS) is 17.2. The van der Waals surface area contributed by atoms with Crippen LogP contribution in [0.15, 0.2) is 47.5 Å². The SMILES string of the molecule is O=C1S/C(=C/c2ccc[nH]2)C(=O)N1c1ccc(Cl)cc1. The zero-order valence-electron chi connectivity index (χ0n) is 10.2. The van der Waals surface area contributed by atoms with Crippen LogP contribution < -0.4 is 4.90 Å². The number of benzene rings is 1. The molecule has 1 saturated heterocycles. The number of imide groups is 1. The van der Waals surface area contributed by atoms with Gasteiger partial charge in [-0.05, 0) is 54.2 Å². The predicted octanol–water partition coefficient (Wildman–Crippen LogP) is 3.91. The molecule has 2 heterocycles. The second kappa shape index (κ2) is 5.19. The molecule has 4 nitrogen and oxygen atoms in total. The average molecular weight is 305 g/mol. The number of hydrogen-bond acceptors (Lipinski definition) is 3. The summed E-state index contributed by atoms with van der Waals surface area (Å²) < 4.78 is 0. The van der Waals surface area contributed by atoms with Crippen molar-refractivity contribution in [1.29, 1.82) is 0 Å². The fraction of sp³-hybridized carbons (Fsp3) is 0. The van der Waals surface area contributed by atoms with Gasteiger partial charge in [0.05, 0.1) is 10.6 Å². The van der Waals surface area contributed by atoms with E-state index in [1.165, 1.54) is 0 Å². The van der Waals surface area contributed by atoms with Crippen LogP contribution in [0.1, 0.15) is 5.69 Å². The first-order valence-electron chi connectivity index (χ1n) is 5.82. The van der Waals surface area contributed by atoms with E-state index in [0.29, 0.717) is 15.6 Å². The summed E-state index contributed by atoms with van der Waals surface area (Å²) in [4.78, 5) is 28.8. The number of thioether (sulfide) groups is 1. The second-order valence-corrected chi connectivity index (χ2v) is 5.55. The van der Waals surface area contributed by atoms with E-state index < -0.39 is 0 Å². The summed E-state index contributed by atoms with van der Waals surface area (Å²) in [5.74, 6) is -0.322. The standard InChI is InChI=1S/C14H9ClN2O2S/c15-9-3-5-11(6-4-9)17-13(18)12(20-14(17)19)8-10-2-1-7-16-10/h1-8,16H/b12-8+. The summed E-state index contributed by atoms with van der Waals surface area (Å²) >= 11 is 6.73. The van der Waals surface area contributed by atoms with Crippen molar-refractivity contribution in [3.63, 3.8) is 0 Å². The molecule has 100 valence electrons. The molecule has 0 bridgehead atoms. The Balaban J connectivity index is 1.93. The molecule has 1 aromatic heterocycles. The third-order valence-corrected chi connectivity index (χ3v) is 3.91. The number of carbonyl (C=O) groups is 2. The molecule has 1 aromatic carbocycles. The van der Waals surface area contributed by atoms with Gasteiger partial charge in [0.15, 0.2) is 0 Å². The van der Waals surface area contributed by atoms with Gasteiger partial charge in [0.25, 0.3) is 11.1 Å². The number of H-pyrrole nitrogens is 1. The van der Waals surface area contributed by atoms with Gasteiger partial charge < -0.3 is 4.98 Å². The number of rotatable bonds is 2. The van der Waals surface area contributed by atoms with Crippen molar-refractivity contribution in [2.45, 2.75) is 0 Å². The molecule has 1 fully saturated rings. The van der Waals surface area contributed by atoms with Crippen molar-refractivity contribution in [2.75, 3.05) is 4.90 Å². The number of carbonyl (C=O) groups excluding carboxylic acids is 2. The highest BCUT2D eigenvalue weighted by Gasteiger charge is 2.36. The Morgan fingerprint density at radius 2 is 1.90 bits per heavy atom. The summed E-state index contributed by atoms with van der Waals surface area (Å²) in [6.07, 6.45) is 3.43. The van der Waals surface area contributed by atoms with E-state index in [9.17, 15) is 9.59 Å². The van der Waals surface area contributed by atoms with Gasteiger partial charge >= 0.3 is 0 Å². The third-order valence-electron chi connectivity index (χ3n) is 2.79. The lowest BCUT2D eigenvalue weighted by atomic mass is 10.3. The van der Waals surface area contributed by atoms with E-state index in [1.807, 2.05) is 12.1 Å². The minimum Gasteiger partial charge on any atom is -0.362 e. The van der Waals surface area contributed by atoms with Crippen LogP contribution in [-0.4, -0.2) is 16.1 Å². The molecule has 0 atom stereocenters. The number of anilines is 1. The highest BCUT2D eigenvalue weighted by atomic mass is 35.5. The van der Waals surface area contributed by atoms with Crippen molar-refractivity contribution >= 4 is 46.3 Å². The number of hydrogen-bond donors (Lipinski definition) is 1. The molecule has 0 unspecified atom stereocenters. The highest BCUT2D eigenvalue weighted by Crippen LogP contribution is 2.35. The van der Waals surface area contributed by atoms with E-state index in [1.54, 1.807) is 36.5 Å². The van der Waals surface area contributed by atoms with E-state index in [2.05, 4.69) is 4.98 Å². The lowest BCUT2D eigenvalue weighted by Crippen LogP contribution is -2.27. The largest absolute Gasteiger partial charge is 0.362 e. The molecule has 2 amide bonds. The van der Waals surface area contributed by atoms with E-state index in [-0.39, 0.29) is 11.1 Å². The van der Waals surface area contributed by atoms with Gasteiger partial charge in [-0.1, -0.05) is 11.6 Å². The highest BCUT2D eigenvalue weighted by molar-refractivity contribution is 8.19. The molecule has 20 heavy (non-hydrogen) atoms. The smallest absolute Gasteiger partial charge is 0.298 e. The van der Waals surface area contributed by atoms with Crippen molar-refractivity contribution < 1.29 is 9.59 Å². The monoisotopic (exact) mass is 304 g/mol. The fourth-order valence-electron chi connectivity index (χ4n) is 1.86. The maximum atomic E-state index is 12.3. The molecule has 0 saturated carbocycles. The van der Waals surface area contributed by atoms with Crippen LogP contribution in [0.25, 0.3) is 6.08 Å². The summed E-state index contributed by atoms with van der Waals surface area (Å²) in [5, 5.41) is 0.248. The molecule has 1 aliphatic heterocycles. The number of aromatic nitrogens is 1. The minimum absolute atomic E-state index is 0.310. The summed E-state index contributed by atoms with van der Waals surface area (Å²) in [6, 6.07) is 10.3. The number of aromatic amines is 1. The van der Waals surface area contributed by atoms with Gasteiger partial charge in [-0.2, -0.15) is 0 Å². The number of nitrogens with zero attached hydrogens (tertiary/aromatic N) is 1. The molecule has 1 N–H and O–H groups in total. The van der Waals surface area contributed by atoms with Crippen LogP contribution in [0.2, 0.25) is 5.02 Å². The van der Waals surface area contributed by atoms with Crippen LogP contribution in [-0.2, 0) is 4.79 Å². The topological polar surface area (TPSA) is 53.2 Å². The maximum absolute atomic E-state index is 12.3. The van der Waals surface area contributed by atoms with Crippen LogP contribution >= 0.6 is 23.4 Å². The van der Waals surface area contributed by atoms with Crippen molar-refractivity contribution in [3.8, 4) is 0 Å². The lowest BCUT2D eigenvalue weighted by molar-refractivity contribution is -0.113. The summed E-state index contributed by atoms with van der Waals surface area (Å²) in [5.41, 5.74) is 1.30. The molecule has 2 aromatic rings. The zero-order valence-corrected chi connectivity index (χ0v) is 11.7. The first-order chi connectivity index (χ1) is 9.65. The quantitative estimate of drug-likeness (QED) is 0.856. The Morgan fingerprint density at radius 1 is 1.15 bits per heavy atom. The molecule has 1 aliphatic rings. The molecule has 0 radical (unpaired) electrons.